The molecule has 0 nitrogen and oxygen atoms in total. The number of halogens is 3. The van der Waals surface area contributed by atoms with Crippen LogP contribution in [0.1, 0.15) is 0 Å². The summed E-state index contributed by atoms with van der Waals surface area (Å²) >= 11 is 0. The summed E-state index contributed by atoms with van der Waals surface area (Å²) in [7, 11) is 0. The molecule has 0 radical (unpaired) electrons. The van der Waals surface area contributed by atoms with Gasteiger partial charge in [0.2, 0.25) is 0 Å². The number of rotatable bonds is 0. The predicted molar refractivity (Wildman–Crippen MR) is 3.32 cm³/mol. The fraction of sp³-hybridized carbons (Fsp3) is 0. The van der Waals surface area contributed by atoms with Gasteiger partial charge in [0.1, 0.15) is 0 Å². The average molecular weight is 306 g/mol. The van der Waals surface area contributed by atoms with Crippen molar-refractivity contribution in [2.45, 2.75) is 0 Å². The fourth-order valence-corrected chi connectivity index (χ4v) is 0. The molecule has 0 spiro atoms. The Labute approximate surface area is 15.6 Å². The Bertz CT molecular complexity index is 8.00. The first kappa shape index (κ1) is 2.79. The number of hydrogen-bond acceptors (Lipinski definition) is 0. The van der Waals surface area contributed by atoms with Crippen LogP contribution in [0.15, 0.2) is 0 Å². The second kappa shape index (κ2) is 0.349. The molecule has 0 heterocycles. The molecule has 0 N–H and O–H groups in total. The Morgan fingerprint density at radius 3 is 1.00 bits per heavy atom. The molecular weight excluding hydrogens is 306 g/mol. The first-order valence-corrected chi connectivity index (χ1v) is 3.53. The van der Waals surface area contributed by atoms with E-state index in [2.05, 4.69) is 0 Å². The zero-order valence-electron chi connectivity index (χ0n) is 1.47. The minimum atomic E-state index is -4.99. The molecule has 0 rings (SSSR count). The predicted octanol–water partition coefficient (Wildman–Crippen LogP) is 1.26. The summed E-state index contributed by atoms with van der Waals surface area (Å²) in [6.45, 7) is 0. The van der Waals surface area contributed by atoms with Gasteiger partial charge in [-0.25, -0.2) is 0 Å². The molecule has 0 aromatic heterocycles. The van der Waals surface area contributed by atoms with Crippen molar-refractivity contribution in [3.63, 3.8) is 0 Å². The third-order valence-corrected chi connectivity index (χ3v) is 0. The third-order valence-electron chi connectivity index (χ3n) is 0. The van der Waals surface area contributed by atoms with E-state index in [9.17, 15) is 14.1 Å². The molecule has 30 valence electrons. The topological polar surface area (TPSA) is 0 Å². The molecular formula is BkF3. The molecule has 0 fully saturated rings. The van der Waals surface area contributed by atoms with Crippen molar-refractivity contribution in [1.82, 2.24) is 0 Å². The van der Waals surface area contributed by atoms with Crippen molar-refractivity contribution in [3.05, 3.63) is 0 Å². The molecule has 0 saturated carbocycles. The molecule has 4 heavy (non-hydrogen) atoms. The van der Waals surface area contributed by atoms with Crippen molar-refractivity contribution in [3.8, 4) is 0 Å². The van der Waals surface area contributed by atoms with E-state index < -0.39 is 0 Å². The number of hydrogen-bond donors (Lipinski definition) is 0. The van der Waals surface area contributed by atoms with Crippen LogP contribution in [0.5, 0.6) is 0 Å². The molecule has 0 aliphatic rings. The van der Waals surface area contributed by atoms with E-state index in [-0.39, 0.29) is 0 Å². The van der Waals surface area contributed by atoms with Crippen LogP contribution in [0.3, 0.4) is 0 Å². The van der Waals surface area contributed by atoms with E-state index in [4.69, 9.17) is 0 Å². The van der Waals surface area contributed by atoms with Gasteiger partial charge in [-0.2, -0.15) is 0 Å². The Morgan fingerprint density at radius 2 is 1.00 bits per heavy atom. The van der Waals surface area contributed by atoms with Gasteiger partial charge in [-0.1, -0.05) is 0 Å². The Hall–Kier alpha value is -1.21. The minimum absolute atomic E-state index is 4.99. The first-order valence-electron chi connectivity index (χ1n) is 0.378. The van der Waals surface area contributed by atoms with Gasteiger partial charge in [-0.15, -0.1) is 0 Å². The van der Waals surface area contributed by atoms with Crippen molar-refractivity contribution in [1.29, 1.82) is 0 Å². The summed E-state index contributed by atoms with van der Waals surface area (Å²) < 4.78 is 24.6. The molecule has 0 atom stereocenters. The van der Waals surface area contributed by atoms with Crippen LogP contribution in [0.2, 0.25) is 0 Å². The summed E-state index contributed by atoms with van der Waals surface area (Å²) in [6.07, 6.45) is 0. The van der Waals surface area contributed by atoms with Crippen LogP contribution in [-0.4, -0.2) is 0 Å². The van der Waals surface area contributed by atoms with E-state index in [0.717, 1.165) is 0 Å². The van der Waals surface area contributed by atoms with Crippen LogP contribution in [0.25, 0.3) is 0 Å². The summed E-state index contributed by atoms with van der Waals surface area (Å²) in [5.74, 6) is 0. The molecule has 4 heteroatoms. The van der Waals surface area contributed by atoms with Gasteiger partial charge in [-0.05, 0) is 0 Å². The summed E-state index contributed by atoms with van der Waals surface area (Å²) in [5, 5.41) is 0. The Morgan fingerprint density at radius 1 is 1.00 bits per heavy atom. The van der Waals surface area contributed by atoms with Crippen LogP contribution in [-0.2, 0) is 0 Å². The monoisotopic (exact) mass is 306 g/mol. The molecule has 0 bridgehead atoms. The van der Waals surface area contributed by atoms with E-state index in [1.165, 1.54) is 0 Å². The van der Waals surface area contributed by atoms with Gasteiger partial charge >= 0.3 is 14.1 Å². The second-order valence-electron chi connectivity index (χ2n) is 0.143. The molecule has 0 amide bonds. The van der Waals surface area contributed by atoms with Gasteiger partial charge in [0.25, 0.3) is 0 Å². The van der Waals surface area contributed by atoms with E-state index in [0.29, 0.717) is 0 Å². The van der Waals surface area contributed by atoms with Crippen molar-refractivity contribution < 1.29 is 14.1 Å². The second-order valence-corrected chi connectivity index (χ2v) is 1.33. The molecule has 0 aromatic rings. The van der Waals surface area contributed by atoms with E-state index in [1.54, 1.807) is 0 Å². The van der Waals surface area contributed by atoms with Gasteiger partial charge in [0.15, 0.2) is 0 Å². The van der Waals surface area contributed by atoms with Crippen LogP contribution in [0, 0.1) is 0 Å². The maximum absolute atomic E-state index is 9.86. The Balaban J connectivity index is 2.32. The quantitative estimate of drug-likeness (QED) is 0.632. The van der Waals surface area contributed by atoms with Gasteiger partial charge < -0.3 is 0 Å². The average Bonchev–Trinajstić information content (AvgIpc) is 0.811. The fourth-order valence-electron chi connectivity index (χ4n) is 0. The SMILES string of the molecule is [F][249Bk]([F])[F]. The summed E-state index contributed by atoms with van der Waals surface area (Å²) in [4.78, 5) is 0. The van der Waals surface area contributed by atoms with E-state index >= 15 is 0 Å². The van der Waals surface area contributed by atoms with Crippen molar-refractivity contribution in [2.24, 2.45) is 0 Å². The summed E-state index contributed by atoms with van der Waals surface area (Å²) in [6, 6.07) is 0. The van der Waals surface area contributed by atoms with Crippen molar-refractivity contribution in [2.75, 3.05) is 0 Å². The first-order chi connectivity index (χ1) is 1.73. The molecule has 0 unspecified atom stereocenters. The van der Waals surface area contributed by atoms with Gasteiger partial charge in [0.05, 0.1) is 0 Å². The van der Waals surface area contributed by atoms with Gasteiger partial charge in [0, 0.05) is 0 Å². The van der Waals surface area contributed by atoms with Crippen LogP contribution in [0.4, 0.5) is 14.1 Å². The zero-order chi connectivity index (χ0) is 3.58. The van der Waals surface area contributed by atoms with Crippen LogP contribution < -0.4 is 0 Å². The Kier molecular flexibility index (Phi) is 0.243. The molecule has 0 aliphatic heterocycles. The zero-order valence-corrected chi connectivity index (χ0v) is 4.24. The molecule has 0 saturated heterocycles. The maximum atomic E-state index is 9.86. The van der Waals surface area contributed by atoms with Crippen molar-refractivity contribution >= 4 is 0 Å². The normalized spacial score (nSPS) is 6.75. The van der Waals surface area contributed by atoms with Gasteiger partial charge in [-0.3, -0.25) is 0 Å². The van der Waals surface area contributed by atoms with E-state index in [1.807, 2.05) is 0 Å². The third kappa shape index (κ3) is 0.0238. The molecule has 0 aromatic carbocycles. The standard InChI is InChI=1S/Bk.3FH/h;3*1H/q+3;;;/p-3/i1+2;;;. The van der Waals surface area contributed by atoms with Crippen LogP contribution >= 0.6 is 0 Å². The summed E-state index contributed by atoms with van der Waals surface area (Å²) in [5.41, 5.74) is 0. The molecule has 0 aliphatic carbocycles.